The summed E-state index contributed by atoms with van der Waals surface area (Å²) >= 11 is 0. The van der Waals surface area contributed by atoms with Crippen LogP contribution in [0.25, 0.3) is 0 Å². The second kappa shape index (κ2) is 6.80. The molecule has 3 N–H and O–H groups in total. The Balaban J connectivity index is 3.92. The number of hydrogen-bond donors (Lipinski definition) is 2. The molecule has 0 rings (SSSR count). The van der Waals surface area contributed by atoms with Crippen molar-refractivity contribution in [3.63, 3.8) is 0 Å². The van der Waals surface area contributed by atoms with E-state index in [0.29, 0.717) is 18.9 Å². The number of carbonyl (C=O) groups excluding carboxylic acids is 1. The topological polar surface area (TPSA) is 64.3 Å². The first kappa shape index (κ1) is 14.4. The van der Waals surface area contributed by atoms with Crippen LogP contribution in [-0.4, -0.2) is 31.2 Å². The first-order chi connectivity index (χ1) is 6.92. The Kier molecular flexibility index (Phi) is 6.52. The van der Waals surface area contributed by atoms with Crippen LogP contribution < -0.4 is 11.1 Å². The Hall–Kier alpha value is -0.610. The number of likely N-dealkylation sites (N-methyl/N-ethyl adjacent to an activating group) is 1. The zero-order valence-electron chi connectivity index (χ0n) is 10.3. The molecule has 1 amide bonds. The van der Waals surface area contributed by atoms with Gasteiger partial charge in [0.25, 0.3) is 0 Å². The Morgan fingerprint density at radius 1 is 1.53 bits per heavy atom. The van der Waals surface area contributed by atoms with E-state index in [0.717, 1.165) is 13.2 Å². The molecule has 4 heteroatoms. The van der Waals surface area contributed by atoms with Crippen molar-refractivity contribution >= 4 is 5.91 Å². The summed E-state index contributed by atoms with van der Waals surface area (Å²) in [5, 5.41) is 3.09. The summed E-state index contributed by atoms with van der Waals surface area (Å²) in [5.41, 5.74) is 4.69. The standard InChI is InChI=1S/C11H24N2O2/c1-5-13-11(4,10(12)14)6-7-15-8-9(2)3/h9,13H,5-8H2,1-4H3,(H2,12,14). The average molecular weight is 216 g/mol. The highest BCUT2D eigenvalue weighted by Crippen LogP contribution is 2.09. The monoisotopic (exact) mass is 216 g/mol. The van der Waals surface area contributed by atoms with Crippen LogP contribution in [0.3, 0.4) is 0 Å². The van der Waals surface area contributed by atoms with Gasteiger partial charge in [-0.3, -0.25) is 4.79 Å². The van der Waals surface area contributed by atoms with Crippen molar-refractivity contribution in [1.29, 1.82) is 0 Å². The van der Waals surface area contributed by atoms with Crippen LogP contribution >= 0.6 is 0 Å². The summed E-state index contributed by atoms with van der Waals surface area (Å²) in [6.45, 7) is 9.97. The van der Waals surface area contributed by atoms with Gasteiger partial charge >= 0.3 is 0 Å². The minimum Gasteiger partial charge on any atom is -0.381 e. The van der Waals surface area contributed by atoms with Crippen molar-refractivity contribution < 1.29 is 9.53 Å². The van der Waals surface area contributed by atoms with Crippen molar-refractivity contribution in [2.75, 3.05) is 19.8 Å². The second-order valence-corrected chi connectivity index (χ2v) is 4.45. The van der Waals surface area contributed by atoms with E-state index < -0.39 is 5.54 Å². The molecule has 0 aliphatic heterocycles. The van der Waals surface area contributed by atoms with Gasteiger partial charge in [0, 0.05) is 13.2 Å². The van der Waals surface area contributed by atoms with Crippen molar-refractivity contribution in [3.05, 3.63) is 0 Å². The molecule has 1 unspecified atom stereocenters. The van der Waals surface area contributed by atoms with Crippen LogP contribution in [0.5, 0.6) is 0 Å². The molecule has 4 nitrogen and oxygen atoms in total. The van der Waals surface area contributed by atoms with E-state index >= 15 is 0 Å². The summed E-state index contributed by atoms with van der Waals surface area (Å²) in [5.74, 6) is 0.196. The lowest BCUT2D eigenvalue weighted by atomic mass is 9.97. The molecule has 0 heterocycles. The van der Waals surface area contributed by atoms with Gasteiger partial charge in [-0.05, 0) is 25.8 Å². The summed E-state index contributed by atoms with van der Waals surface area (Å²) in [6.07, 6.45) is 0.614. The third-order valence-electron chi connectivity index (χ3n) is 2.31. The lowest BCUT2D eigenvalue weighted by Gasteiger charge is -2.26. The lowest BCUT2D eigenvalue weighted by molar-refractivity contribution is -0.124. The van der Waals surface area contributed by atoms with Crippen LogP contribution in [0.1, 0.15) is 34.1 Å². The van der Waals surface area contributed by atoms with Gasteiger partial charge in [-0.2, -0.15) is 0 Å². The normalized spacial score (nSPS) is 15.3. The fourth-order valence-corrected chi connectivity index (χ4v) is 1.28. The maximum atomic E-state index is 11.2. The van der Waals surface area contributed by atoms with Gasteiger partial charge in [0.15, 0.2) is 0 Å². The summed E-state index contributed by atoms with van der Waals surface area (Å²) in [4.78, 5) is 11.2. The number of hydrogen-bond acceptors (Lipinski definition) is 3. The molecule has 0 aromatic heterocycles. The number of rotatable bonds is 8. The van der Waals surface area contributed by atoms with Crippen molar-refractivity contribution in [1.82, 2.24) is 5.32 Å². The maximum Gasteiger partial charge on any atom is 0.237 e. The van der Waals surface area contributed by atoms with Crippen molar-refractivity contribution in [3.8, 4) is 0 Å². The predicted molar refractivity (Wildman–Crippen MR) is 61.6 cm³/mol. The van der Waals surface area contributed by atoms with Crippen LogP contribution in [0.15, 0.2) is 0 Å². The molecule has 0 aromatic rings. The van der Waals surface area contributed by atoms with E-state index in [1.807, 2.05) is 13.8 Å². The molecule has 0 spiro atoms. The van der Waals surface area contributed by atoms with E-state index in [9.17, 15) is 4.79 Å². The molecule has 1 atom stereocenters. The zero-order valence-corrected chi connectivity index (χ0v) is 10.3. The highest BCUT2D eigenvalue weighted by molar-refractivity contribution is 5.84. The number of nitrogens with two attached hydrogens (primary N) is 1. The Morgan fingerprint density at radius 3 is 2.53 bits per heavy atom. The SMILES string of the molecule is CCNC(C)(CCOCC(C)C)C(N)=O. The second-order valence-electron chi connectivity index (χ2n) is 4.45. The van der Waals surface area contributed by atoms with E-state index in [2.05, 4.69) is 19.2 Å². The number of ether oxygens (including phenoxy) is 1. The quantitative estimate of drug-likeness (QED) is 0.593. The van der Waals surface area contributed by atoms with E-state index in [1.54, 1.807) is 0 Å². The molecule has 15 heavy (non-hydrogen) atoms. The number of nitrogens with one attached hydrogen (secondary N) is 1. The van der Waals surface area contributed by atoms with E-state index in [1.165, 1.54) is 0 Å². The number of carbonyl (C=O) groups is 1. The van der Waals surface area contributed by atoms with Gasteiger partial charge in [-0.15, -0.1) is 0 Å². The van der Waals surface area contributed by atoms with Crippen LogP contribution in [-0.2, 0) is 9.53 Å². The van der Waals surface area contributed by atoms with Gasteiger partial charge in [0.1, 0.15) is 0 Å². The lowest BCUT2D eigenvalue weighted by Crippen LogP contribution is -2.53. The number of primary amides is 1. The smallest absolute Gasteiger partial charge is 0.237 e. The Bertz CT molecular complexity index is 195. The molecule has 0 saturated heterocycles. The molecule has 0 aliphatic carbocycles. The molecule has 0 aliphatic rings. The van der Waals surface area contributed by atoms with Gasteiger partial charge < -0.3 is 15.8 Å². The van der Waals surface area contributed by atoms with E-state index in [-0.39, 0.29) is 5.91 Å². The Labute approximate surface area is 92.6 Å². The summed E-state index contributed by atoms with van der Waals surface area (Å²) in [7, 11) is 0. The highest BCUT2D eigenvalue weighted by atomic mass is 16.5. The molecule has 0 radical (unpaired) electrons. The predicted octanol–water partition coefficient (Wildman–Crippen LogP) is 0.903. The summed E-state index contributed by atoms with van der Waals surface area (Å²) < 4.78 is 5.44. The van der Waals surface area contributed by atoms with Crippen LogP contribution in [0.2, 0.25) is 0 Å². The number of amides is 1. The van der Waals surface area contributed by atoms with Gasteiger partial charge in [-0.1, -0.05) is 20.8 Å². The summed E-state index contributed by atoms with van der Waals surface area (Å²) in [6, 6.07) is 0. The minimum atomic E-state index is -0.647. The molecule has 90 valence electrons. The average Bonchev–Trinajstić information content (AvgIpc) is 2.12. The molecule has 0 aromatic carbocycles. The third-order valence-corrected chi connectivity index (χ3v) is 2.31. The van der Waals surface area contributed by atoms with Crippen molar-refractivity contribution in [2.45, 2.75) is 39.7 Å². The van der Waals surface area contributed by atoms with Crippen LogP contribution in [0.4, 0.5) is 0 Å². The molecule has 0 fully saturated rings. The maximum absolute atomic E-state index is 11.2. The van der Waals surface area contributed by atoms with E-state index in [4.69, 9.17) is 10.5 Å². The fraction of sp³-hybridized carbons (Fsp3) is 0.909. The first-order valence-electron chi connectivity index (χ1n) is 5.55. The molecule has 0 bridgehead atoms. The fourth-order valence-electron chi connectivity index (χ4n) is 1.28. The third kappa shape index (κ3) is 5.74. The minimum absolute atomic E-state index is 0.322. The van der Waals surface area contributed by atoms with Gasteiger partial charge in [-0.25, -0.2) is 0 Å². The van der Waals surface area contributed by atoms with Gasteiger partial charge in [0.05, 0.1) is 5.54 Å². The largest absolute Gasteiger partial charge is 0.381 e. The molecule has 0 saturated carbocycles. The highest BCUT2D eigenvalue weighted by Gasteiger charge is 2.29. The van der Waals surface area contributed by atoms with Gasteiger partial charge in [0.2, 0.25) is 5.91 Å². The molecular weight excluding hydrogens is 192 g/mol. The molecular formula is C11H24N2O2. The zero-order chi connectivity index (χ0) is 11.9. The first-order valence-corrected chi connectivity index (χ1v) is 5.55. The van der Waals surface area contributed by atoms with Crippen molar-refractivity contribution in [2.24, 2.45) is 11.7 Å². The van der Waals surface area contributed by atoms with Crippen LogP contribution in [0, 0.1) is 5.92 Å². The Morgan fingerprint density at radius 2 is 2.13 bits per heavy atom.